The van der Waals surface area contributed by atoms with E-state index in [2.05, 4.69) is 0 Å². The smallest absolute Gasteiger partial charge is 0.308 e. The van der Waals surface area contributed by atoms with Crippen molar-refractivity contribution in [1.82, 2.24) is 0 Å². The fraction of sp³-hybridized carbons (Fsp3) is 0.300. The van der Waals surface area contributed by atoms with Crippen LogP contribution in [0, 0.1) is 5.92 Å². The first-order valence-electron chi connectivity index (χ1n) is 4.25. The second-order valence-corrected chi connectivity index (χ2v) is 3.38. The lowest BCUT2D eigenvalue weighted by molar-refractivity contribution is -0.138. The average Bonchev–Trinajstić information content (AvgIpc) is 2.79. The molecule has 3 unspecified atom stereocenters. The van der Waals surface area contributed by atoms with E-state index in [-0.39, 0.29) is 17.9 Å². The molecule has 0 heterocycles. The molecular weight excluding hydrogens is 166 g/mol. The van der Waals surface area contributed by atoms with E-state index < -0.39 is 5.97 Å². The summed E-state index contributed by atoms with van der Waals surface area (Å²) in [7, 11) is 0. The molecule has 3 nitrogen and oxygen atoms in total. The number of aliphatic carboxylic acids is 1. The fourth-order valence-electron chi connectivity index (χ4n) is 1.76. The molecule has 0 aromatic heterocycles. The van der Waals surface area contributed by atoms with Crippen LogP contribution in [0.4, 0.5) is 0 Å². The molecule has 0 saturated heterocycles. The van der Waals surface area contributed by atoms with E-state index in [0.29, 0.717) is 0 Å². The van der Waals surface area contributed by atoms with Crippen LogP contribution in [0.25, 0.3) is 0 Å². The molecule has 3 heteroatoms. The lowest BCUT2D eigenvalue weighted by Crippen LogP contribution is -2.08. The highest BCUT2D eigenvalue weighted by atomic mass is 16.4. The van der Waals surface area contributed by atoms with Crippen molar-refractivity contribution >= 4 is 5.97 Å². The van der Waals surface area contributed by atoms with Gasteiger partial charge in [0.1, 0.15) is 0 Å². The molecule has 2 rings (SSSR count). The van der Waals surface area contributed by atoms with Crippen LogP contribution in [-0.4, -0.2) is 17.1 Å². The second-order valence-electron chi connectivity index (χ2n) is 3.38. The summed E-state index contributed by atoms with van der Waals surface area (Å²) >= 11 is 0. The highest BCUT2D eigenvalue weighted by Crippen LogP contribution is 2.46. The molecule has 0 radical (unpaired) electrons. The third-order valence-electron chi connectivity index (χ3n) is 2.54. The van der Waals surface area contributed by atoms with Crippen LogP contribution in [0.15, 0.2) is 30.3 Å². The number of benzene rings is 1. The van der Waals surface area contributed by atoms with Gasteiger partial charge in [-0.15, -0.1) is 0 Å². The molecule has 13 heavy (non-hydrogen) atoms. The van der Waals surface area contributed by atoms with E-state index >= 15 is 0 Å². The molecule has 0 amide bonds. The largest absolute Gasteiger partial charge is 0.481 e. The molecule has 3 atom stereocenters. The standard InChI is InChI=1S/C10H11NO2/c11-9-7(8(9)10(12)13)6-4-2-1-3-5-6/h1-5,7-9H,11H2,(H,12,13). The molecule has 1 aromatic rings. The molecule has 1 saturated carbocycles. The first-order chi connectivity index (χ1) is 6.22. The van der Waals surface area contributed by atoms with Crippen LogP contribution in [0.2, 0.25) is 0 Å². The Balaban J connectivity index is 2.18. The Hall–Kier alpha value is -1.35. The predicted octanol–water partition coefficient (Wildman–Crippen LogP) is 0.812. The topological polar surface area (TPSA) is 63.3 Å². The summed E-state index contributed by atoms with van der Waals surface area (Å²) in [5.74, 6) is -1.16. The molecule has 0 aliphatic heterocycles. The third-order valence-corrected chi connectivity index (χ3v) is 2.54. The molecule has 68 valence electrons. The van der Waals surface area contributed by atoms with Crippen molar-refractivity contribution in [2.75, 3.05) is 0 Å². The summed E-state index contributed by atoms with van der Waals surface area (Å²) in [5.41, 5.74) is 6.69. The van der Waals surface area contributed by atoms with E-state index in [1.165, 1.54) is 0 Å². The monoisotopic (exact) mass is 177 g/mol. The Kier molecular flexibility index (Phi) is 1.81. The van der Waals surface area contributed by atoms with Gasteiger partial charge in [-0.1, -0.05) is 30.3 Å². The molecule has 0 spiro atoms. The highest BCUT2D eigenvalue weighted by Gasteiger charge is 2.53. The van der Waals surface area contributed by atoms with E-state index in [9.17, 15) is 4.79 Å². The van der Waals surface area contributed by atoms with Gasteiger partial charge in [0, 0.05) is 12.0 Å². The summed E-state index contributed by atoms with van der Waals surface area (Å²) in [6.07, 6.45) is 0. The van der Waals surface area contributed by atoms with Crippen molar-refractivity contribution < 1.29 is 9.90 Å². The summed E-state index contributed by atoms with van der Waals surface area (Å²) in [4.78, 5) is 10.7. The average molecular weight is 177 g/mol. The normalized spacial score (nSPS) is 31.3. The van der Waals surface area contributed by atoms with Crippen molar-refractivity contribution in [3.63, 3.8) is 0 Å². The fourth-order valence-corrected chi connectivity index (χ4v) is 1.76. The van der Waals surface area contributed by atoms with Gasteiger partial charge in [0.05, 0.1) is 5.92 Å². The maximum atomic E-state index is 10.7. The van der Waals surface area contributed by atoms with Gasteiger partial charge in [-0.3, -0.25) is 4.79 Å². The van der Waals surface area contributed by atoms with Crippen LogP contribution in [-0.2, 0) is 4.79 Å². The first kappa shape index (κ1) is 8.26. The molecule has 3 N–H and O–H groups in total. The van der Waals surface area contributed by atoms with Crippen LogP contribution >= 0.6 is 0 Å². The van der Waals surface area contributed by atoms with Crippen molar-refractivity contribution in [3.05, 3.63) is 35.9 Å². The van der Waals surface area contributed by atoms with Gasteiger partial charge in [-0.05, 0) is 5.56 Å². The first-order valence-corrected chi connectivity index (χ1v) is 4.25. The van der Waals surface area contributed by atoms with Crippen LogP contribution in [0.5, 0.6) is 0 Å². The number of carboxylic acids is 1. The van der Waals surface area contributed by atoms with Gasteiger partial charge in [-0.25, -0.2) is 0 Å². The lowest BCUT2D eigenvalue weighted by atomic mass is 10.1. The van der Waals surface area contributed by atoms with E-state index in [1.54, 1.807) is 0 Å². The van der Waals surface area contributed by atoms with Crippen molar-refractivity contribution in [2.24, 2.45) is 11.7 Å². The second kappa shape index (κ2) is 2.85. The Morgan fingerprint density at radius 2 is 1.92 bits per heavy atom. The number of hydrogen-bond acceptors (Lipinski definition) is 2. The molecule has 1 fully saturated rings. The van der Waals surface area contributed by atoms with Crippen LogP contribution in [0.1, 0.15) is 11.5 Å². The van der Waals surface area contributed by atoms with Crippen LogP contribution in [0.3, 0.4) is 0 Å². The highest BCUT2D eigenvalue weighted by molar-refractivity contribution is 5.77. The predicted molar refractivity (Wildman–Crippen MR) is 48.3 cm³/mol. The summed E-state index contributed by atoms with van der Waals surface area (Å²) in [6, 6.07) is 9.35. The number of nitrogens with two attached hydrogens (primary N) is 1. The number of hydrogen-bond donors (Lipinski definition) is 2. The minimum absolute atomic E-state index is 0.0127. The van der Waals surface area contributed by atoms with Gasteiger partial charge < -0.3 is 10.8 Å². The van der Waals surface area contributed by atoms with Gasteiger partial charge in [0.2, 0.25) is 0 Å². The Morgan fingerprint density at radius 1 is 1.31 bits per heavy atom. The minimum atomic E-state index is -0.790. The zero-order chi connectivity index (χ0) is 9.42. The summed E-state index contributed by atoms with van der Waals surface area (Å²) < 4.78 is 0. The number of carboxylic acid groups (broad SMARTS) is 1. The van der Waals surface area contributed by atoms with Gasteiger partial charge >= 0.3 is 5.97 Å². The zero-order valence-electron chi connectivity index (χ0n) is 7.05. The Labute approximate surface area is 76.2 Å². The third kappa shape index (κ3) is 1.31. The summed E-state index contributed by atoms with van der Waals surface area (Å²) in [5, 5.41) is 8.78. The number of rotatable bonds is 2. The van der Waals surface area contributed by atoms with Crippen molar-refractivity contribution in [1.29, 1.82) is 0 Å². The van der Waals surface area contributed by atoms with E-state index in [1.807, 2.05) is 30.3 Å². The van der Waals surface area contributed by atoms with Crippen molar-refractivity contribution in [2.45, 2.75) is 12.0 Å². The maximum Gasteiger partial charge on any atom is 0.308 e. The SMILES string of the molecule is NC1C(C(=O)O)C1c1ccccc1. The Bertz CT molecular complexity index is 323. The molecule has 1 aliphatic carbocycles. The molecular formula is C10H11NO2. The lowest BCUT2D eigenvalue weighted by Gasteiger charge is -1.95. The van der Waals surface area contributed by atoms with Crippen LogP contribution < -0.4 is 5.73 Å². The minimum Gasteiger partial charge on any atom is -0.481 e. The molecule has 0 bridgehead atoms. The maximum absolute atomic E-state index is 10.7. The summed E-state index contributed by atoms with van der Waals surface area (Å²) in [6.45, 7) is 0. The van der Waals surface area contributed by atoms with Gasteiger partial charge in [-0.2, -0.15) is 0 Å². The quantitative estimate of drug-likeness (QED) is 0.702. The molecule has 1 aromatic carbocycles. The Morgan fingerprint density at radius 3 is 2.38 bits per heavy atom. The van der Waals surface area contributed by atoms with E-state index in [4.69, 9.17) is 10.8 Å². The van der Waals surface area contributed by atoms with Gasteiger partial charge in [0.15, 0.2) is 0 Å². The van der Waals surface area contributed by atoms with Crippen molar-refractivity contribution in [3.8, 4) is 0 Å². The number of carbonyl (C=O) groups is 1. The van der Waals surface area contributed by atoms with Gasteiger partial charge in [0.25, 0.3) is 0 Å². The zero-order valence-corrected chi connectivity index (χ0v) is 7.05. The van der Waals surface area contributed by atoms with E-state index in [0.717, 1.165) is 5.56 Å². The molecule has 1 aliphatic rings.